The van der Waals surface area contributed by atoms with Crippen molar-refractivity contribution in [3.05, 3.63) is 24.3 Å². The number of imide groups is 1. The number of carboxylic acid groups (broad SMARTS) is 5. The minimum Gasteiger partial charge on any atom is -0.481 e. The van der Waals surface area contributed by atoms with E-state index in [1.54, 1.807) is 19.6 Å². The summed E-state index contributed by atoms with van der Waals surface area (Å²) in [4.78, 5) is 126. The summed E-state index contributed by atoms with van der Waals surface area (Å²) >= 11 is 2.40. The van der Waals surface area contributed by atoms with Crippen LogP contribution in [0.4, 0.5) is 0 Å². The van der Waals surface area contributed by atoms with Crippen molar-refractivity contribution in [2.24, 2.45) is 0 Å². The molecule has 0 aliphatic carbocycles. The van der Waals surface area contributed by atoms with Crippen LogP contribution in [0.1, 0.15) is 40.5 Å². The molecular formula is C36H68N8O18S2. The first-order valence-electron chi connectivity index (χ1n) is 17.1. The Morgan fingerprint density at radius 1 is 0.562 bits per heavy atom. The Kier molecular flexibility index (Phi) is 54.6. The number of carboxylic acids is 5. The van der Waals surface area contributed by atoms with Crippen molar-refractivity contribution in [2.45, 2.75) is 63.1 Å². The lowest BCUT2D eigenvalue weighted by atomic mass is 10.2. The number of amides is 7. The van der Waals surface area contributed by atoms with Crippen molar-refractivity contribution < 1.29 is 88.5 Å². The highest BCUT2D eigenvalue weighted by molar-refractivity contribution is 8.00. The molecule has 372 valence electrons. The summed E-state index contributed by atoms with van der Waals surface area (Å²) in [6.07, 6.45) is 7.28. The second-order valence-electron chi connectivity index (χ2n) is 10.8. The Morgan fingerprint density at radius 2 is 0.969 bits per heavy atom. The number of rotatable bonds is 18. The number of thioether (sulfide) groups is 2. The molecule has 26 nitrogen and oxygen atoms in total. The Bertz CT molecular complexity index is 1440. The fraction of sp³-hybridized carbons (Fsp3) is 0.556. The summed E-state index contributed by atoms with van der Waals surface area (Å²) in [6.45, 7) is 0. The molecule has 0 aromatic heterocycles. The summed E-state index contributed by atoms with van der Waals surface area (Å²) in [7, 11) is 11.8. The van der Waals surface area contributed by atoms with Crippen molar-refractivity contribution in [3.8, 4) is 0 Å². The normalized spacial score (nSPS) is 12.0. The highest BCUT2D eigenvalue weighted by Crippen LogP contribution is 2.11. The highest BCUT2D eigenvalue weighted by atomic mass is 32.2. The second kappa shape index (κ2) is 46.4. The number of hydrogen-bond donors (Lipinski definition) is 12. The van der Waals surface area contributed by atoms with Crippen LogP contribution in [-0.2, 0) is 57.5 Å². The summed E-state index contributed by atoms with van der Waals surface area (Å²) in [6, 6.07) is -1.44. The van der Waals surface area contributed by atoms with Crippen LogP contribution in [0, 0.1) is 0 Å². The van der Waals surface area contributed by atoms with Crippen LogP contribution in [0.25, 0.3) is 0 Å². The number of carbonyl (C=O) groups is 12. The highest BCUT2D eigenvalue weighted by Gasteiger charge is 2.21. The molecule has 14 N–H and O–H groups in total. The molecule has 0 saturated heterocycles. The number of likely N-dealkylation sites (N-methyl/N-ethyl adjacent to an activating group) is 5. The molecule has 7 amide bonds. The molecular weight excluding hydrogens is 897 g/mol. The van der Waals surface area contributed by atoms with Gasteiger partial charge < -0.3 is 68.2 Å². The van der Waals surface area contributed by atoms with Gasteiger partial charge in [-0.15, -0.1) is 11.8 Å². The summed E-state index contributed by atoms with van der Waals surface area (Å²) in [5.41, 5.74) is 0. The lowest BCUT2D eigenvalue weighted by Crippen LogP contribution is -2.42. The second-order valence-corrected chi connectivity index (χ2v) is 12.9. The maximum absolute atomic E-state index is 10.9. The van der Waals surface area contributed by atoms with E-state index in [-0.39, 0.29) is 81.5 Å². The number of nitrogens with one attached hydrogen (secondary N) is 7. The lowest BCUT2D eigenvalue weighted by Gasteiger charge is -2.10. The molecule has 1 aliphatic heterocycles. The Labute approximate surface area is 380 Å². The first-order chi connectivity index (χ1) is 28.3. The van der Waals surface area contributed by atoms with Crippen LogP contribution in [0.15, 0.2) is 24.3 Å². The van der Waals surface area contributed by atoms with Crippen LogP contribution in [-0.4, -0.2) is 199 Å². The average Bonchev–Trinajstić information content (AvgIpc) is 3.52. The molecule has 4 unspecified atom stereocenters. The van der Waals surface area contributed by atoms with Crippen LogP contribution in [0.2, 0.25) is 0 Å². The molecule has 0 bridgehead atoms. The van der Waals surface area contributed by atoms with Gasteiger partial charge in [-0.1, -0.05) is 14.9 Å². The molecule has 0 saturated carbocycles. The number of nitrogens with zero attached hydrogens (tertiary/aromatic N) is 1. The molecule has 0 spiro atoms. The molecule has 0 fully saturated rings. The van der Waals surface area contributed by atoms with Crippen molar-refractivity contribution in [3.63, 3.8) is 0 Å². The van der Waals surface area contributed by atoms with Crippen LogP contribution in [0.5, 0.6) is 0 Å². The SMILES string of the molecule is C.C.CN1C(=O)C=CC1=O.CNC(=O)/C=C\C(=O)O.CNC(=O)C(CC(=O)O)NC.CNC(=O)C(CC(=O)O)SC.CNC(=O)CC(NC)C(=O)O.CNC(=O)CC(SC)C(=O)O.O. The van der Waals surface area contributed by atoms with E-state index >= 15 is 0 Å². The fourth-order valence-corrected chi connectivity index (χ4v) is 4.29. The zero-order valence-corrected chi connectivity index (χ0v) is 37.5. The van der Waals surface area contributed by atoms with Gasteiger partial charge in [-0.05, 0) is 26.6 Å². The largest absolute Gasteiger partial charge is 0.481 e. The fourth-order valence-electron chi connectivity index (χ4n) is 3.12. The average molecular weight is 965 g/mol. The quantitative estimate of drug-likeness (QED) is 0.0476. The Balaban J connectivity index is -0.0000000973. The summed E-state index contributed by atoms with van der Waals surface area (Å²) < 4.78 is 0. The lowest BCUT2D eigenvalue weighted by molar-refractivity contribution is -0.141. The van der Waals surface area contributed by atoms with E-state index in [4.69, 9.17) is 25.5 Å². The molecule has 0 radical (unpaired) electrons. The van der Waals surface area contributed by atoms with E-state index in [1.165, 1.54) is 73.2 Å². The van der Waals surface area contributed by atoms with Crippen LogP contribution in [0.3, 0.4) is 0 Å². The third kappa shape index (κ3) is 44.0. The maximum Gasteiger partial charge on any atom is 0.328 e. The number of hydrogen-bond acceptors (Lipinski definition) is 16. The van der Waals surface area contributed by atoms with Crippen LogP contribution >= 0.6 is 23.5 Å². The van der Waals surface area contributed by atoms with Crippen molar-refractivity contribution in [2.75, 3.05) is 68.9 Å². The molecule has 4 atom stereocenters. The van der Waals surface area contributed by atoms with Gasteiger partial charge in [0.25, 0.3) is 11.8 Å². The zero-order chi connectivity index (χ0) is 48.8. The van der Waals surface area contributed by atoms with Gasteiger partial charge in [0.05, 0.1) is 30.6 Å². The third-order valence-corrected chi connectivity index (χ3v) is 8.54. The molecule has 1 rings (SSSR count). The predicted molar refractivity (Wildman–Crippen MR) is 240 cm³/mol. The molecule has 0 aromatic rings. The topological polar surface area (TPSA) is 425 Å². The molecule has 1 heterocycles. The van der Waals surface area contributed by atoms with E-state index in [1.807, 2.05) is 0 Å². The third-order valence-electron chi connectivity index (χ3n) is 6.65. The van der Waals surface area contributed by atoms with E-state index in [2.05, 4.69) is 37.2 Å². The van der Waals surface area contributed by atoms with Gasteiger partial charge >= 0.3 is 29.8 Å². The molecule has 64 heavy (non-hydrogen) atoms. The van der Waals surface area contributed by atoms with Gasteiger partial charge in [-0.25, -0.2) is 4.79 Å². The molecule has 28 heteroatoms. The van der Waals surface area contributed by atoms with E-state index in [0.29, 0.717) is 0 Å². The minimum atomic E-state index is -1.13. The van der Waals surface area contributed by atoms with Gasteiger partial charge in [0.1, 0.15) is 11.3 Å². The number of carbonyl (C=O) groups excluding carboxylic acids is 7. The smallest absolute Gasteiger partial charge is 0.328 e. The zero-order valence-electron chi connectivity index (χ0n) is 35.8. The Hall–Kier alpha value is -6.10. The van der Waals surface area contributed by atoms with Crippen LogP contribution < -0.4 is 37.2 Å². The van der Waals surface area contributed by atoms with E-state index in [9.17, 15) is 57.5 Å². The summed E-state index contributed by atoms with van der Waals surface area (Å²) in [5.74, 6) is -7.01. The van der Waals surface area contributed by atoms with Crippen molar-refractivity contribution in [1.29, 1.82) is 0 Å². The minimum absolute atomic E-state index is 0. The first kappa shape index (κ1) is 75.3. The summed E-state index contributed by atoms with van der Waals surface area (Å²) in [5, 5.41) is 57.4. The standard InChI is InChI=1S/2C6H12N2O3.2C6H11NO3S.C5H7NO3.C5H5NO2.2CH4.H2O/c1-7-4(3-5(9)10)6(11)8-2;1-7-4(6(10)11)3-5(9)8-2;1-7-6(10)4(11-2)3-5(8)9;1-7-5(8)3-4(11-2)6(9)10;1-6-4(7)2-3-5(8)9;1-6-4(7)2-3-5(6)8;;;/h4,7H,3H2,1-2H3,(H,8,11)(H,9,10);4,7H,3H2,1-2H3,(H,8,9)(H,10,11);4H,3H2,1-2H3,(H,7,10)(H,8,9);4H,3H2,1-2H3,(H,7,8)(H,9,10);2-3H,1H3,(H,6,7)(H,8,9);2-3H,1H3;2*1H4;1H2/b;;;;3-2-;;;;. The van der Waals surface area contributed by atoms with Crippen molar-refractivity contribution >= 4 is 94.7 Å². The predicted octanol–water partition coefficient (Wildman–Crippen LogP) is -3.17. The maximum atomic E-state index is 10.9. The van der Waals surface area contributed by atoms with E-state index in [0.717, 1.165) is 28.8 Å². The molecule has 1 aliphatic rings. The van der Waals surface area contributed by atoms with Gasteiger partial charge in [0, 0.05) is 73.0 Å². The van der Waals surface area contributed by atoms with Gasteiger partial charge in [-0.2, -0.15) is 11.8 Å². The van der Waals surface area contributed by atoms with Gasteiger partial charge in [0.15, 0.2) is 0 Å². The number of aliphatic carboxylic acids is 5. The van der Waals surface area contributed by atoms with E-state index < -0.39 is 58.3 Å². The first-order valence-corrected chi connectivity index (χ1v) is 19.7. The van der Waals surface area contributed by atoms with Gasteiger partial charge in [-0.3, -0.25) is 57.6 Å². The molecule has 0 aromatic carbocycles. The monoisotopic (exact) mass is 964 g/mol. The van der Waals surface area contributed by atoms with Gasteiger partial charge in [0.2, 0.25) is 29.5 Å². The van der Waals surface area contributed by atoms with Crippen molar-refractivity contribution in [1.82, 2.24) is 42.1 Å². The Morgan fingerprint density at radius 3 is 1.22 bits per heavy atom.